The molecule has 0 spiro atoms. The van der Waals surface area contributed by atoms with Crippen LogP contribution in [-0.4, -0.2) is 49.7 Å². The standard InChI is InChI=1S/C15H22FN3O3S/c1-4-19(5-2)15(20)14-10-13(17-23(21,22)18(14)3)11-6-8-12(16)9-7-11/h6-9,13-14,17H,4-5,10H2,1-3H3/t13-,14-/m0/s1. The summed E-state index contributed by atoms with van der Waals surface area (Å²) in [6.45, 7) is 4.76. The van der Waals surface area contributed by atoms with Gasteiger partial charge in [-0.05, 0) is 38.0 Å². The van der Waals surface area contributed by atoms with E-state index >= 15 is 0 Å². The van der Waals surface area contributed by atoms with Crippen LogP contribution in [0.25, 0.3) is 0 Å². The van der Waals surface area contributed by atoms with Gasteiger partial charge >= 0.3 is 0 Å². The first-order valence-electron chi connectivity index (χ1n) is 7.59. The van der Waals surface area contributed by atoms with E-state index in [1.165, 1.54) is 31.3 Å². The molecule has 6 nitrogen and oxygen atoms in total. The van der Waals surface area contributed by atoms with Gasteiger partial charge in [0.2, 0.25) is 5.91 Å². The highest BCUT2D eigenvalue weighted by molar-refractivity contribution is 7.87. The number of hydrogen-bond acceptors (Lipinski definition) is 3. The Bertz CT molecular complexity index is 659. The summed E-state index contributed by atoms with van der Waals surface area (Å²) in [5, 5.41) is 0. The van der Waals surface area contributed by atoms with Crippen molar-refractivity contribution in [2.45, 2.75) is 32.4 Å². The highest BCUT2D eigenvalue weighted by Gasteiger charge is 2.41. The molecule has 1 aliphatic heterocycles. The molecule has 0 unspecified atom stereocenters. The molecule has 8 heteroatoms. The number of hydrogen-bond donors (Lipinski definition) is 1. The molecule has 0 saturated carbocycles. The van der Waals surface area contributed by atoms with E-state index < -0.39 is 22.3 Å². The zero-order chi connectivity index (χ0) is 17.2. The van der Waals surface area contributed by atoms with Crippen molar-refractivity contribution < 1.29 is 17.6 Å². The number of amides is 1. The molecule has 0 aliphatic carbocycles. The Morgan fingerprint density at radius 3 is 2.39 bits per heavy atom. The lowest BCUT2D eigenvalue weighted by Crippen LogP contribution is -2.57. The Hall–Kier alpha value is -1.51. The summed E-state index contributed by atoms with van der Waals surface area (Å²) in [6, 6.07) is 4.31. The summed E-state index contributed by atoms with van der Waals surface area (Å²) in [5.74, 6) is -0.602. The Labute approximate surface area is 136 Å². The third-order valence-electron chi connectivity index (χ3n) is 4.20. The van der Waals surface area contributed by atoms with Crippen molar-refractivity contribution in [1.29, 1.82) is 0 Å². The van der Waals surface area contributed by atoms with Gasteiger partial charge in [0.15, 0.2) is 0 Å². The van der Waals surface area contributed by atoms with Crippen LogP contribution in [0.4, 0.5) is 4.39 Å². The van der Waals surface area contributed by atoms with Crippen molar-refractivity contribution in [3.63, 3.8) is 0 Å². The molecule has 1 aromatic carbocycles. The van der Waals surface area contributed by atoms with Gasteiger partial charge in [-0.2, -0.15) is 17.4 Å². The van der Waals surface area contributed by atoms with E-state index in [1.807, 2.05) is 13.8 Å². The largest absolute Gasteiger partial charge is 0.342 e. The Balaban J connectivity index is 2.32. The second kappa shape index (κ2) is 6.94. The molecule has 1 saturated heterocycles. The maximum atomic E-state index is 13.1. The molecule has 23 heavy (non-hydrogen) atoms. The lowest BCUT2D eigenvalue weighted by Gasteiger charge is -2.38. The van der Waals surface area contributed by atoms with E-state index in [0.29, 0.717) is 25.1 Å². The number of nitrogens with one attached hydrogen (secondary N) is 1. The van der Waals surface area contributed by atoms with E-state index in [0.717, 1.165) is 4.31 Å². The van der Waals surface area contributed by atoms with Crippen LogP contribution < -0.4 is 4.72 Å². The van der Waals surface area contributed by atoms with Crippen molar-refractivity contribution in [1.82, 2.24) is 13.9 Å². The minimum absolute atomic E-state index is 0.213. The summed E-state index contributed by atoms with van der Waals surface area (Å²) < 4.78 is 41.3. The summed E-state index contributed by atoms with van der Waals surface area (Å²) in [4.78, 5) is 14.2. The van der Waals surface area contributed by atoms with Crippen LogP contribution in [-0.2, 0) is 15.0 Å². The number of halogens is 1. The molecule has 1 N–H and O–H groups in total. The fourth-order valence-electron chi connectivity index (χ4n) is 2.75. The van der Waals surface area contributed by atoms with E-state index in [2.05, 4.69) is 4.72 Å². The SMILES string of the molecule is CCN(CC)C(=O)[C@@H]1C[C@@H](c2ccc(F)cc2)NS(=O)(=O)N1C. The molecule has 1 aliphatic rings. The molecule has 1 aromatic rings. The van der Waals surface area contributed by atoms with Crippen molar-refractivity contribution in [3.8, 4) is 0 Å². The first kappa shape index (κ1) is 17.8. The van der Waals surface area contributed by atoms with Crippen LogP contribution in [0.1, 0.15) is 31.9 Å². The third-order valence-corrected chi connectivity index (χ3v) is 5.80. The average molecular weight is 343 g/mol. The van der Waals surface area contributed by atoms with Crippen molar-refractivity contribution in [2.75, 3.05) is 20.1 Å². The van der Waals surface area contributed by atoms with Crippen molar-refractivity contribution >= 4 is 16.1 Å². The predicted octanol–water partition coefficient (Wildman–Crippen LogP) is 1.27. The summed E-state index contributed by atoms with van der Waals surface area (Å²) in [7, 11) is -2.37. The molecule has 1 amide bonds. The number of rotatable bonds is 4. The molecule has 2 atom stereocenters. The fourth-order valence-corrected chi connectivity index (χ4v) is 4.02. The van der Waals surface area contributed by atoms with Gasteiger partial charge in [-0.1, -0.05) is 12.1 Å². The van der Waals surface area contributed by atoms with Gasteiger partial charge in [0.1, 0.15) is 11.9 Å². The normalized spacial score (nSPS) is 24.3. The number of likely N-dealkylation sites (N-methyl/N-ethyl adjacent to an activating group) is 2. The lowest BCUT2D eigenvalue weighted by atomic mass is 9.99. The van der Waals surface area contributed by atoms with Gasteiger partial charge in [-0.25, -0.2) is 4.39 Å². The first-order chi connectivity index (χ1) is 10.8. The Morgan fingerprint density at radius 1 is 1.30 bits per heavy atom. The molecule has 1 heterocycles. The Morgan fingerprint density at radius 2 is 1.87 bits per heavy atom. The summed E-state index contributed by atoms with van der Waals surface area (Å²) in [5.41, 5.74) is 0.639. The van der Waals surface area contributed by atoms with Gasteiger partial charge in [-0.15, -0.1) is 0 Å². The van der Waals surface area contributed by atoms with Gasteiger partial charge < -0.3 is 4.90 Å². The number of carbonyl (C=O) groups excluding carboxylic acids is 1. The fraction of sp³-hybridized carbons (Fsp3) is 0.533. The molecule has 128 valence electrons. The summed E-state index contributed by atoms with van der Waals surface area (Å²) in [6.07, 6.45) is 0.302. The number of benzene rings is 1. The first-order valence-corrected chi connectivity index (χ1v) is 9.03. The zero-order valence-corrected chi connectivity index (χ0v) is 14.3. The maximum absolute atomic E-state index is 13.1. The van der Waals surface area contributed by atoms with Gasteiger partial charge in [0.05, 0.1) is 0 Å². The molecule has 0 radical (unpaired) electrons. The van der Waals surface area contributed by atoms with Crippen molar-refractivity contribution in [3.05, 3.63) is 35.6 Å². The average Bonchev–Trinajstić information content (AvgIpc) is 2.51. The molecule has 1 fully saturated rings. The van der Waals surface area contributed by atoms with Crippen LogP contribution in [0.5, 0.6) is 0 Å². The minimum Gasteiger partial charge on any atom is -0.342 e. The van der Waals surface area contributed by atoms with Gasteiger partial charge in [-0.3, -0.25) is 4.79 Å². The van der Waals surface area contributed by atoms with E-state index in [4.69, 9.17) is 0 Å². The van der Waals surface area contributed by atoms with E-state index in [9.17, 15) is 17.6 Å². The van der Waals surface area contributed by atoms with Crippen molar-refractivity contribution in [2.24, 2.45) is 0 Å². The minimum atomic E-state index is -3.77. The quantitative estimate of drug-likeness (QED) is 0.895. The van der Waals surface area contributed by atoms with Crippen LogP contribution in [0.3, 0.4) is 0 Å². The molecular formula is C15H22FN3O3S. The Kier molecular flexibility index (Phi) is 5.38. The smallest absolute Gasteiger partial charge is 0.280 e. The predicted molar refractivity (Wildman–Crippen MR) is 85.3 cm³/mol. The van der Waals surface area contributed by atoms with Crippen LogP contribution in [0.15, 0.2) is 24.3 Å². The molecule has 2 rings (SSSR count). The monoisotopic (exact) mass is 343 g/mol. The van der Waals surface area contributed by atoms with E-state index in [-0.39, 0.29) is 11.7 Å². The molecule has 0 bridgehead atoms. The second-order valence-corrected chi connectivity index (χ2v) is 7.27. The van der Waals surface area contributed by atoms with Crippen LogP contribution in [0.2, 0.25) is 0 Å². The zero-order valence-electron chi connectivity index (χ0n) is 13.5. The molecule has 0 aromatic heterocycles. The maximum Gasteiger partial charge on any atom is 0.280 e. The van der Waals surface area contributed by atoms with E-state index in [1.54, 1.807) is 4.90 Å². The van der Waals surface area contributed by atoms with Gasteiger partial charge in [0, 0.05) is 26.2 Å². The summed E-state index contributed by atoms with van der Waals surface area (Å²) >= 11 is 0. The van der Waals surface area contributed by atoms with Gasteiger partial charge in [0.25, 0.3) is 10.2 Å². The molecular weight excluding hydrogens is 321 g/mol. The lowest BCUT2D eigenvalue weighted by molar-refractivity contribution is -0.135. The van der Waals surface area contributed by atoms with Crippen LogP contribution >= 0.6 is 0 Å². The number of carbonyl (C=O) groups is 1. The highest BCUT2D eigenvalue weighted by atomic mass is 32.2. The van der Waals surface area contributed by atoms with Crippen LogP contribution in [0, 0.1) is 5.82 Å². The number of nitrogens with zero attached hydrogens (tertiary/aromatic N) is 2. The highest BCUT2D eigenvalue weighted by Crippen LogP contribution is 2.28. The second-order valence-electron chi connectivity index (χ2n) is 5.51. The topological polar surface area (TPSA) is 69.7 Å². The third kappa shape index (κ3) is 3.70.